The fraction of sp³-hybridized carbons (Fsp3) is 0.314. The third-order valence-electron chi connectivity index (χ3n) is 9.20. The van der Waals surface area contributed by atoms with Gasteiger partial charge in [-0.05, 0) is 67.6 Å². The van der Waals surface area contributed by atoms with E-state index < -0.39 is 11.6 Å². The van der Waals surface area contributed by atoms with E-state index in [-0.39, 0.29) is 53.6 Å². The van der Waals surface area contributed by atoms with Crippen molar-refractivity contribution in [2.24, 2.45) is 0 Å². The second-order valence-electron chi connectivity index (χ2n) is 11.9. The highest BCUT2D eigenvalue weighted by Crippen LogP contribution is 2.38. The molecule has 3 aliphatic rings. The number of benzene rings is 3. The summed E-state index contributed by atoms with van der Waals surface area (Å²) in [4.78, 5) is 39.5. The molecule has 2 amide bonds. The lowest BCUT2D eigenvalue weighted by atomic mass is 9.91. The molecule has 236 valence electrons. The Labute approximate surface area is 265 Å². The maximum atomic E-state index is 14.9. The number of nitrogens with zero attached hydrogens (tertiary/aromatic N) is 4. The van der Waals surface area contributed by atoms with Crippen LogP contribution in [0.3, 0.4) is 0 Å². The van der Waals surface area contributed by atoms with Gasteiger partial charge in [-0.15, -0.1) is 0 Å². The van der Waals surface area contributed by atoms with Gasteiger partial charge in [0.15, 0.2) is 5.82 Å². The molecule has 3 heterocycles. The summed E-state index contributed by atoms with van der Waals surface area (Å²) in [6, 6.07) is 16.7. The second-order valence-corrected chi connectivity index (χ2v) is 11.9. The molecule has 46 heavy (non-hydrogen) atoms. The predicted octanol–water partition coefficient (Wildman–Crippen LogP) is 6.21. The summed E-state index contributed by atoms with van der Waals surface area (Å²) in [5.41, 5.74) is 2.47. The van der Waals surface area contributed by atoms with Crippen molar-refractivity contribution in [1.29, 1.82) is 0 Å². The van der Waals surface area contributed by atoms with Gasteiger partial charge in [-0.1, -0.05) is 18.2 Å². The highest BCUT2D eigenvalue weighted by molar-refractivity contribution is 6.03. The van der Waals surface area contributed by atoms with Crippen molar-refractivity contribution in [3.05, 3.63) is 94.7 Å². The molecule has 11 heteroatoms. The van der Waals surface area contributed by atoms with Gasteiger partial charge >= 0.3 is 0 Å². The number of methoxy groups -OCH3 is 2. The standard InChI is InChI=1S/C35H33F2N5O4/c1-45-24-14-11-21(29(17-24)46-2)18-41-19-28-31(35(41)44)33(40-32(39-28)30-26(36)7-4-8-27(30)37)38-22-12-9-20(10-13-22)25-15-16-42(34(25)43)23-5-3-6-23/h4,7-14,17,23,25H,3,5-6,15-16,18-19H2,1-2H3,(H,38,39,40). The molecule has 2 fully saturated rings. The average molecular weight is 626 g/mol. The largest absolute Gasteiger partial charge is 0.497 e. The molecule has 3 aromatic carbocycles. The number of halogens is 2. The number of ether oxygens (including phenoxy) is 2. The Kier molecular flexibility index (Phi) is 7.75. The van der Waals surface area contributed by atoms with Gasteiger partial charge in [0.2, 0.25) is 5.91 Å². The first-order chi connectivity index (χ1) is 22.3. The molecule has 1 saturated carbocycles. The van der Waals surface area contributed by atoms with Crippen LogP contribution in [0.15, 0.2) is 60.7 Å². The van der Waals surface area contributed by atoms with Crippen molar-refractivity contribution in [2.75, 3.05) is 26.1 Å². The minimum Gasteiger partial charge on any atom is -0.497 e. The number of amides is 2. The van der Waals surface area contributed by atoms with E-state index in [0.29, 0.717) is 28.9 Å². The third-order valence-corrected chi connectivity index (χ3v) is 9.20. The number of hydrogen-bond acceptors (Lipinski definition) is 7. The van der Waals surface area contributed by atoms with Crippen molar-refractivity contribution in [3.63, 3.8) is 0 Å². The topological polar surface area (TPSA) is 96.9 Å². The lowest BCUT2D eigenvalue weighted by Crippen LogP contribution is -2.41. The van der Waals surface area contributed by atoms with E-state index in [1.165, 1.54) is 12.5 Å². The van der Waals surface area contributed by atoms with E-state index in [2.05, 4.69) is 15.3 Å². The third kappa shape index (κ3) is 5.29. The van der Waals surface area contributed by atoms with E-state index in [1.54, 1.807) is 31.3 Å². The quantitative estimate of drug-likeness (QED) is 0.236. The molecule has 0 radical (unpaired) electrons. The Bertz CT molecular complexity index is 1810. The Hall–Kier alpha value is -5.06. The molecule has 7 rings (SSSR count). The molecular formula is C35H33F2N5O4. The summed E-state index contributed by atoms with van der Waals surface area (Å²) in [5.74, 6) is -0.819. The molecular weight excluding hydrogens is 592 g/mol. The molecule has 1 saturated heterocycles. The van der Waals surface area contributed by atoms with Crippen LogP contribution < -0.4 is 14.8 Å². The Morgan fingerprint density at radius 3 is 2.35 bits per heavy atom. The van der Waals surface area contributed by atoms with Crippen LogP contribution in [0, 0.1) is 11.6 Å². The second kappa shape index (κ2) is 12.0. The fourth-order valence-corrected chi connectivity index (χ4v) is 6.49. The number of anilines is 2. The average Bonchev–Trinajstić information content (AvgIpc) is 3.55. The minimum absolute atomic E-state index is 0.101. The van der Waals surface area contributed by atoms with Crippen LogP contribution in [0.2, 0.25) is 0 Å². The molecule has 1 unspecified atom stereocenters. The number of likely N-dealkylation sites (tertiary alicyclic amines) is 1. The van der Waals surface area contributed by atoms with Gasteiger partial charge in [-0.3, -0.25) is 9.59 Å². The van der Waals surface area contributed by atoms with Gasteiger partial charge in [-0.2, -0.15) is 0 Å². The number of hydrogen-bond donors (Lipinski definition) is 1. The van der Waals surface area contributed by atoms with Crippen LogP contribution in [-0.4, -0.2) is 58.4 Å². The number of fused-ring (bicyclic) bond motifs is 1. The summed E-state index contributed by atoms with van der Waals surface area (Å²) in [7, 11) is 3.10. The van der Waals surface area contributed by atoms with Crippen LogP contribution in [0.5, 0.6) is 11.5 Å². The van der Waals surface area contributed by atoms with E-state index >= 15 is 0 Å². The van der Waals surface area contributed by atoms with Crippen molar-refractivity contribution < 1.29 is 27.8 Å². The SMILES string of the molecule is COc1ccc(CN2Cc3nc(-c4c(F)cccc4F)nc(Nc4ccc(C5CCN(C6CCC6)C5=O)cc4)c3C2=O)c(OC)c1. The predicted molar refractivity (Wildman–Crippen MR) is 167 cm³/mol. The van der Waals surface area contributed by atoms with Gasteiger partial charge in [0.05, 0.1) is 44.5 Å². The first kappa shape index (κ1) is 29.6. The van der Waals surface area contributed by atoms with E-state index in [0.717, 1.165) is 49.1 Å². The summed E-state index contributed by atoms with van der Waals surface area (Å²) < 4.78 is 40.6. The fourth-order valence-electron chi connectivity index (χ4n) is 6.49. The number of rotatable bonds is 9. The molecule has 1 N–H and O–H groups in total. The maximum absolute atomic E-state index is 14.9. The molecule has 1 aromatic heterocycles. The summed E-state index contributed by atoms with van der Waals surface area (Å²) >= 11 is 0. The highest BCUT2D eigenvalue weighted by Gasteiger charge is 2.39. The van der Waals surface area contributed by atoms with Crippen molar-refractivity contribution in [3.8, 4) is 22.9 Å². The molecule has 1 aliphatic carbocycles. The zero-order chi connectivity index (χ0) is 31.9. The van der Waals surface area contributed by atoms with Crippen LogP contribution >= 0.6 is 0 Å². The molecule has 4 aromatic rings. The zero-order valence-corrected chi connectivity index (χ0v) is 25.6. The molecule has 0 spiro atoms. The Balaban J connectivity index is 1.20. The summed E-state index contributed by atoms with van der Waals surface area (Å²) in [5, 5.41) is 3.20. The van der Waals surface area contributed by atoms with Gasteiger partial charge in [0.25, 0.3) is 5.91 Å². The van der Waals surface area contributed by atoms with Gasteiger partial charge in [-0.25, -0.2) is 18.7 Å². The number of carbonyl (C=O) groups excluding carboxylic acids is 2. The smallest absolute Gasteiger partial charge is 0.260 e. The lowest BCUT2D eigenvalue weighted by Gasteiger charge is -2.34. The number of aromatic nitrogens is 2. The van der Waals surface area contributed by atoms with E-state index in [4.69, 9.17) is 9.47 Å². The number of carbonyl (C=O) groups is 2. The van der Waals surface area contributed by atoms with Crippen molar-refractivity contribution in [2.45, 2.75) is 50.7 Å². The maximum Gasteiger partial charge on any atom is 0.260 e. The summed E-state index contributed by atoms with van der Waals surface area (Å²) in [6.45, 7) is 1.08. The van der Waals surface area contributed by atoms with Gasteiger partial charge in [0.1, 0.15) is 34.5 Å². The molecule has 0 bridgehead atoms. The highest BCUT2D eigenvalue weighted by atomic mass is 19.1. The van der Waals surface area contributed by atoms with Crippen LogP contribution in [0.1, 0.15) is 58.8 Å². The monoisotopic (exact) mass is 625 g/mol. The number of nitrogens with one attached hydrogen (secondary N) is 1. The summed E-state index contributed by atoms with van der Waals surface area (Å²) in [6.07, 6.45) is 4.11. The van der Waals surface area contributed by atoms with E-state index in [9.17, 15) is 18.4 Å². The zero-order valence-electron chi connectivity index (χ0n) is 25.6. The minimum atomic E-state index is -0.809. The normalized spacial score (nSPS) is 17.7. The Morgan fingerprint density at radius 1 is 0.913 bits per heavy atom. The van der Waals surface area contributed by atoms with Crippen molar-refractivity contribution in [1.82, 2.24) is 19.8 Å². The Morgan fingerprint density at radius 2 is 1.67 bits per heavy atom. The first-order valence-corrected chi connectivity index (χ1v) is 15.4. The van der Waals surface area contributed by atoms with Crippen LogP contribution in [0.4, 0.5) is 20.3 Å². The van der Waals surface area contributed by atoms with Gasteiger partial charge < -0.3 is 24.6 Å². The molecule has 2 aliphatic heterocycles. The molecule has 1 atom stereocenters. The van der Waals surface area contributed by atoms with Crippen molar-refractivity contribution >= 4 is 23.3 Å². The lowest BCUT2D eigenvalue weighted by molar-refractivity contribution is -0.132. The van der Waals surface area contributed by atoms with Gasteiger partial charge in [0, 0.05) is 29.9 Å². The molecule has 9 nitrogen and oxygen atoms in total. The van der Waals surface area contributed by atoms with Crippen LogP contribution in [0.25, 0.3) is 11.4 Å². The van der Waals surface area contributed by atoms with E-state index in [1.807, 2.05) is 35.2 Å². The van der Waals surface area contributed by atoms with Crippen LogP contribution in [-0.2, 0) is 17.9 Å². The first-order valence-electron chi connectivity index (χ1n) is 15.4.